The highest BCUT2D eigenvalue weighted by molar-refractivity contribution is 6.39. The fourth-order valence-corrected chi connectivity index (χ4v) is 2.68. The molecule has 3 amide bonds. The molecular formula is C18H25N3O4. The third-order valence-corrected chi connectivity index (χ3v) is 4.10. The number of benzene rings is 1. The number of piperidine rings is 1. The molecule has 1 aliphatic rings. The van der Waals surface area contributed by atoms with Crippen LogP contribution in [0.2, 0.25) is 0 Å². The summed E-state index contributed by atoms with van der Waals surface area (Å²) < 4.78 is 5.10. The molecular weight excluding hydrogens is 322 g/mol. The zero-order chi connectivity index (χ0) is 18.4. The van der Waals surface area contributed by atoms with Crippen molar-refractivity contribution in [3.05, 3.63) is 24.3 Å². The molecule has 25 heavy (non-hydrogen) atoms. The van der Waals surface area contributed by atoms with E-state index in [2.05, 4.69) is 10.6 Å². The molecule has 1 aromatic rings. The fourth-order valence-electron chi connectivity index (χ4n) is 2.68. The summed E-state index contributed by atoms with van der Waals surface area (Å²) in [5.74, 6) is -0.836. The van der Waals surface area contributed by atoms with Crippen LogP contribution in [0.15, 0.2) is 24.3 Å². The van der Waals surface area contributed by atoms with E-state index in [1.807, 2.05) is 13.8 Å². The summed E-state index contributed by atoms with van der Waals surface area (Å²) >= 11 is 0. The summed E-state index contributed by atoms with van der Waals surface area (Å²) in [6.45, 7) is 4.51. The van der Waals surface area contributed by atoms with Gasteiger partial charge in [-0.05, 0) is 25.0 Å². The van der Waals surface area contributed by atoms with Crippen LogP contribution in [0.4, 0.5) is 5.69 Å². The van der Waals surface area contributed by atoms with Crippen molar-refractivity contribution >= 4 is 23.4 Å². The molecule has 7 heteroatoms. The van der Waals surface area contributed by atoms with Gasteiger partial charge in [0.15, 0.2) is 0 Å². The van der Waals surface area contributed by atoms with Crippen LogP contribution in [0.25, 0.3) is 0 Å². The Bertz CT molecular complexity index is 645. The van der Waals surface area contributed by atoms with Crippen molar-refractivity contribution in [2.45, 2.75) is 32.7 Å². The molecule has 2 N–H and O–H groups in total. The molecule has 1 atom stereocenters. The van der Waals surface area contributed by atoms with Gasteiger partial charge in [0.05, 0.1) is 7.11 Å². The molecule has 0 aliphatic carbocycles. The van der Waals surface area contributed by atoms with Crippen LogP contribution in [0.1, 0.15) is 26.7 Å². The van der Waals surface area contributed by atoms with Crippen LogP contribution >= 0.6 is 0 Å². The molecule has 0 saturated carbocycles. The van der Waals surface area contributed by atoms with Crippen molar-refractivity contribution in [3.8, 4) is 5.75 Å². The molecule has 0 radical (unpaired) electrons. The van der Waals surface area contributed by atoms with Crippen molar-refractivity contribution in [2.75, 3.05) is 25.5 Å². The van der Waals surface area contributed by atoms with Crippen LogP contribution in [0, 0.1) is 5.92 Å². The number of likely N-dealkylation sites (tertiary alicyclic amines) is 1. The summed E-state index contributed by atoms with van der Waals surface area (Å²) in [4.78, 5) is 37.9. The van der Waals surface area contributed by atoms with Gasteiger partial charge in [0.1, 0.15) is 5.75 Å². The summed E-state index contributed by atoms with van der Waals surface area (Å²) in [6, 6.07) is 6.71. The van der Waals surface area contributed by atoms with Gasteiger partial charge < -0.3 is 20.3 Å². The van der Waals surface area contributed by atoms with Gasteiger partial charge >= 0.3 is 11.8 Å². The number of carbonyl (C=O) groups excluding carboxylic acids is 3. The highest BCUT2D eigenvalue weighted by Gasteiger charge is 2.29. The normalized spacial score (nSPS) is 17.1. The Morgan fingerprint density at radius 1 is 1.28 bits per heavy atom. The Morgan fingerprint density at radius 3 is 2.72 bits per heavy atom. The van der Waals surface area contributed by atoms with Gasteiger partial charge in [-0.2, -0.15) is 0 Å². The lowest BCUT2D eigenvalue weighted by Gasteiger charge is -2.33. The molecule has 2 rings (SSSR count). The third-order valence-electron chi connectivity index (χ3n) is 4.10. The fraction of sp³-hybridized carbons (Fsp3) is 0.500. The second-order valence-electron chi connectivity index (χ2n) is 6.44. The number of rotatable bonds is 4. The van der Waals surface area contributed by atoms with Gasteiger partial charge in [0.2, 0.25) is 5.91 Å². The molecule has 136 valence electrons. The Morgan fingerprint density at radius 2 is 2.04 bits per heavy atom. The number of carbonyl (C=O) groups is 3. The zero-order valence-electron chi connectivity index (χ0n) is 14.9. The molecule has 1 fully saturated rings. The first-order valence-electron chi connectivity index (χ1n) is 8.45. The zero-order valence-corrected chi connectivity index (χ0v) is 14.9. The second kappa shape index (κ2) is 8.50. The number of nitrogens with one attached hydrogen (secondary N) is 2. The largest absolute Gasteiger partial charge is 0.497 e. The van der Waals surface area contributed by atoms with Gasteiger partial charge in [-0.3, -0.25) is 14.4 Å². The minimum atomic E-state index is -0.691. The van der Waals surface area contributed by atoms with Crippen LogP contribution in [0.3, 0.4) is 0 Å². The lowest BCUT2D eigenvalue weighted by molar-refractivity contribution is -0.144. The Kier molecular flexibility index (Phi) is 6.38. The number of nitrogens with zero attached hydrogens (tertiary/aromatic N) is 1. The van der Waals surface area contributed by atoms with E-state index in [-0.39, 0.29) is 17.9 Å². The number of amides is 3. The molecule has 1 aliphatic heterocycles. The van der Waals surface area contributed by atoms with Crippen molar-refractivity contribution < 1.29 is 19.1 Å². The Labute approximate surface area is 147 Å². The van der Waals surface area contributed by atoms with Gasteiger partial charge in [-0.15, -0.1) is 0 Å². The molecule has 1 aromatic carbocycles. The number of methoxy groups -OCH3 is 1. The molecule has 7 nitrogen and oxygen atoms in total. The van der Waals surface area contributed by atoms with E-state index in [1.54, 1.807) is 24.3 Å². The Hall–Kier alpha value is -2.57. The third kappa shape index (κ3) is 5.20. The van der Waals surface area contributed by atoms with E-state index < -0.39 is 11.8 Å². The van der Waals surface area contributed by atoms with Crippen molar-refractivity contribution in [3.63, 3.8) is 0 Å². The molecule has 0 bridgehead atoms. The van der Waals surface area contributed by atoms with E-state index >= 15 is 0 Å². The van der Waals surface area contributed by atoms with Crippen molar-refractivity contribution in [1.29, 1.82) is 0 Å². The lowest BCUT2D eigenvalue weighted by atomic mass is 10.0. The van der Waals surface area contributed by atoms with E-state index in [0.29, 0.717) is 24.5 Å². The van der Waals surface area contributed by atoms with Gasteiger partial charge in [0, 0.05) is 36.8 Å². The van der Waals surface area contributed by atoms with Crippen LogP contribution in [-0.2, 0) is 14.4 Å². The lowest BCUT2D eigenvalue weighted by Crippen LogP contribution is -2.52. The van der Waals surface area contributed by atoms with Gasteiger partial charge in [-0.1, -0.05) is 19.9 Å². The average molecular weight is 347 g/mol. The highest BCUT2D eigenvalue weighted by Crippen LogP contribution is 2.17. The number of ether oxygens (including phenoxy) is 1. The molecule has 0 spiro atoms. The first-order valence-corrected chi connectivity index (χ1v) is 8.45. The first-order chi connectivity index (χ1) is 11.9. The van der Waals surface area contributed by atoms with Crippen molar-refractivity contribution in [2.24, 2.45) is 5.92 Å². The smallest absolute Gasteiger partial charge is 0.313 e. The molecule has 0 aromatic heterocycles. The van der Waals surface area contributed by atoms with Crippen LogP contribution in [-0.4, -0.2) is 48.9 Å². The minimum absolute atomic E-state index is 0.0415. The molecule has 1 heterocycles. The van der Waals surface area contributed by atoms with E-state index in [0.717, 1.165) is 12.8 Å². The van der Waals surface area contributed by atoms with Gasteiger partial charge in [-0.25, -0.2) is 0 Å². The summed E-state index contributed by atoms with van der Waals surface area (Å²) in [6.07, 6.45) is 1.56. The quantitative estimate of drug-likeness (QED) is 0.806. The summed E-state index contributed by atoms with van der Waals surface area (Å²) in [5, 5.41) is 5.52. The maximum Gasteiger partial charge on any atom is 0.313 e. The van der Waals surface area contributed by atoms with E-state index in [4.69, 9.17) is 4.74 Å². The SMILES string of the molecule is COc1cccc(NC(=O)C(=O)N2CCC[C@H](NC(=O)C(C)C)C2)c1. The highest BCUT2D eigenvalue weighted by atomic mass is 16.5. The number of hydrogen-bond acceptors (Lipinski definition) is 4. The molecule has 1 saturated heterocycles. The number of hydrogen-bond donors (Lipinski definition) is 2. The first kappa shape index (κ1) is 18.8. The van der Waals surface area contributed by atoms with Crippen LogP contribution < -0.4 is 15.4 Å². The Balaban J connectivity index is 1.94. The maximum absolute atomic E-state index is 12.4. The van der Waals surface area contributed by atoms with E-state index in [1.165, 1.54) is 12.0 Å². The topological polar surface area (TPSA) is 87.7 Å². The summed E-state index contributed by atoms with van der Waals surface area (Å²) in [7, 11) is 1.53. The predicted molar refractivity (Wildman–Crippen MR) is 94.2 cm³/mol. The summed E-state index contributed by atoms with van der Waals surface area (Å²) in [5.41, 5.74) is 0.499. The monoisotopic (exact) mass is 347 g/mol. The van der Waals surface area contributed by atoms with E-state index in [9.17, 15) is 14.4 Å². The predicted octanol–water partition coefficient (Wildman–Crippen LogP) is 1.40. The van der Waals surface area contributed by atoms with Gasteiger partial charge in [0.25, 0.3) is 0 Å². The van der Waals surface area contributed by atoms with Crippen LogP contribution in [0.5, 0.6) is 5.75 Å². The molecule has 0 unspecified atom stereocenters. The average Bonchev–Trinajstić information content (AvgIpc) is 2.61. The van der Waals surface area contributed by atoms with Crippen molar-refractivity contribution in [1.82, 2.24) is 10.2 Å². The standard InChI is InChI=1S/C18H25N3O4/c1-12(2)16(22)20-14-7-5-9-21(11-14)18(24)17(23)19-13-6-4-8-15(10-13)25-3/h4,6,8,10,12,14H,5,7,9,11H2,1-3H3,(H,19,23)(H,20,22)/t14-/m0/s1. The minimum Gasteiger partial charge on any atom is -0.497 e. The second-order valence-corrected chi connectivity index (χ2v) is 6.44. The maximum atomic E-state index is 12.4. The number of anilines is 1.